The van der Waals surface area contributed by atoms with Crippen LogP contribution in [0.1, 0.15) is 38.5 Å². The number of likely N-dealkylation sites (tertiary alicyclic amines) is 1. The maximum Gasteiger partial charge on any atom is 0.225 e. The zero-order chi connectivity index (χ0) is 18.5. The zero-order valence-corrected chi connectivity index (χ0v) is 16.0. The van der Waals surface area contributed by atoms with E-state index in [1.807, 2.05) is 29.2 Å². The van der Waals surface area contributed by atoms with Gasteiger partial charge in [0.05, 0.1) is 5.02 Å². The minimum Gasteiger partial charge on any atom is -0.489 e. The van der Waals surface area contributed by atoms with Crippen molar-refractivity contribution in [2.24, 2.45) is 11.8 Å². The topological polar surface area (TPSA) is 58.6 Å². The molecule has 0 bridgehead atoms. The van der Waals surface area contributed by atoms with Gasteiger partial charge in [0.15, 0.2) is 0 Å². The molecule has 5 nitrogen and oxygen atoms in total. The summed E-state index contributed by atoms with van der Waals surface area (Å²) < 4.78 is 6.00. The predicted molar refractivity (Wildman–Crippen MR) is 101 cm³/mol. The Labute approximate surface area is 160 Å². The van der Waals surface area contributed by atoms with Crippen LogP contribution in [0.5, 0.6) is 5.75 Å². The molecular formula is C20H27ClN2O3. The van der Waals surface area contributed by atoms with E-state index < -0.39 is 0 Å². The van der Waals surface area contributed by atoms with Crippen molar-refractivity contribution in [3.63, 3.8) is 0 Å². The highest BCUT2D eigenvalue weighted by atomic mass is 35.5. The number of amides is 2. The Morgan fingerprint density at radius 2 is 1.81 bits per heavy atom. The van der Waals surface area contributed by atoms with Crippen molar-refractivity contribution in [1.82, 2.24) is 10.2 Å². The van der Waals surface area contributed by atoms with Crippen molar-refractivity contribution in [2.75, 3.05) is 20.1 Å². The van der Waals surface area contributed by atoms with Gasteiger partial charge in [-0.3, -0.25) is 9.59 Å². The standard InChI is InChI=1S/C20H27ClN2O3/c1-22-19(24)14-5-4-6-15(13-14)20(25)23-11-9-16(10-12-23)26-18-8-3-2-7-17(18)21/h2-3,7-8,14-16H,4-6,9-13H2,1H3,(H,22,24). The Kier molecular flexibility index (Phi) is 6.41. The number of hydrogen-bond acceptors (Lipinski definition) is 3. The molecule has 2 aliphatic rings. The highest BCUT2D eigenvalue weighted by Crippen LogP contribution is 2.32. The van der Waals surface area contributed by atoms with E-state index in [4.69, 9.17) is 16.3 Å². The Morgan fingerprint density at radius 1 is 1.12 bits per heavy atom. The molecule has 1 aromatic rings. The van der Waals surface area contributed by atoms with Crippen molar-refractivity contribution in [3.8, 4) is 5.75 Å². The summed E-state index contributed by atoms with van der Waals surface area (Å²) in [4.78, 5) is 26.7. The first-order valence-corrected chi connectivity index (χ1v) is 9.88. The molecule has 2 atom stereocenters. The van der Waals surface area contributed by atoms with Crippen LogP contribution in [-0.2, 0) is 9.59 Å². The van der Waals surface area contributed by atoms with Crippen LogP contribution in [0.2, 0.25) is 5.02 Å². The molecule has 0 radical (unpaired) electrons. The van der Waals surface area contributed by atoms with Crippen LogP contribution < -0.4 is 10.1 Å². The monoisotopic (exact) mass is 378 g/mol. The van der Waals surface area contributed by atoms with Gasteiger partial charge in [0, 0.05) is 44.8 Å². The number of halogens is 1. The van der Waals surface area contributed by atoms with Crippen LogP contribution in [0.4, 0.5) is 0 Å². The average molecular weight is 379 g/mol. The molecule has 1 saturated heterocycles. The SMILES string of the molecule is CNC(=O)C1CCCC(C(=O)N2CCC(Oc3ccccc3Cl)CC2)C1. The molecule has 26 heavy (non-hydrogen) atoms. The zero-order valence-electron chi connectivity index (χ0n) is 15.2. The number of nitrogens with zero attached hydrogens (tertiary/aromatic N) is 1. The highest BCUT2D eigenvalue weighted by Gasteiger charge is 2.34. The molecule has 1 aliphatic carbocycles. The second-order valence-electron chi connectivity index (χ2n) is 7.25. The number of ether oxygens (including phenoxy) is 1. The van der Waals surface area contributed by atoms with Gasteiger partial charge in [-0.2, -0.15) is 0 Å². The summed E-state index contributed by atoms with van der Waals surface area (Å²) in [6.45, 7) is 1.41. The molecule has 1 heterocycles. The summed E-state index contributed by atoms with van der Waals surface area (Å²) in [5.41, 5.74) is 0. The molecule has 1 N–H and O–H groups in total. The fourth-order valence-electron chi connectivity index (χ4n) is 4.03. The average Bonchev–Trinajstić information content (AvgIpc) is 2.69. The van der Waals surface area contributed by atoms with Crippen LogP contribution in [0.25, 0.3) is 0 Å². The highest BCUT2D eigenvalue weighted by molar-refractivity contribution is 6.32. The molecule has 0 aromatic heterocycles. The summed E-state index contributed by atoms with van der Waals surface area (Å²) in [5.74, 6) is 0.930. The second-order valence-corrected chi connectivity index (χ2v) is 7.65. The normalized spacial score (nSPS) is 24.2. The van der Waals surface area contributed by atoms with Gasteiger partial charge in [-0.15, -0.1) is 0 Å². The summed E-state index contributed by atoms with van der Waals surface area (Å²) >= 11 is 6.15. The fraction of sp³-hybridized carbons (Fsp3) is 0.600. The third-order valence-corrected chi connectivity index (χ3v) is 5.84. The number of carbonyl (C=O) groups excluding carboxylic acids is 2. The molecule has 6 heteroatoms. The minimum atomic E-state index is -0.0243. The van der Waals surface area contributed by atoms with Gasteiger partial charge >= 0.3 is 0 Å². The number of piperidine rings is 1. The van der Waals surface area contributed by atoms with Gasteiger partial charge in [0.25, 0.3) is 0 Å². The first-order chi connectivity index (χ1) is 12.6. The van der Waals surface area contributed by atoms with Crippen molar-refractivity contribution >= 4 is 23.4 Å². The molecule has 1 aliphatic heterocycles. The first kappa shape index (κ1) is 19.0. The summed E-state index contributed by atoms with van der Waals surface area (Å²) in [6.07, 6.45) is 5.10. The molecule has 0 spiro atoms. The molecule has 2 fully saturated rings. The lowest BCUT2D eigenvalue weighted by Crippen LogP contribution is -2.46. The Hall–Kier alpha value is -1.75. The summed E-state index contributed by atoms with van der Waals surface area (Å²) in [6, 6.07) is 7.49. The largest absolute Gasteiger partial charge is 0.489 e. The van der Waals surface area contributed by atoms with Crippen molar-refractivity contribution in [2.45, 2.75) is 44.6 Å². The maximum absolute atomic E-state index is 12.9. The smallest absolute Gasteiger partial charge is 0.225 e. The third-order valence-electron chi connectivity index (χ3n) is 5.52. The van der Waals surface area contributed by atoms with E-state index in [-0.39, 0.29) is 29.8 Å². The van der Waals surface area contributed by atoms with Crippen LogP contribution >= 0.6 is 11.6 Å². The molecule has 2 unspecified atom stereocenters. The summed E-state index contributed by atoms with van der Waals surface area (Å²) in [5, 5.41) is 3.33. The maximum atomic E-state index is 12.9. The Bertz CT molecular complexity index is 644. The number of carbonyl (C=O) groups is 2. The van der Waals surface area contributed by atoms with Gasteiger partial charge in [-0.05, 0) is 31.4 Å². The molecular weight excluding hydrogens is 352 g/mol. The van der Waals surface area contributed by atoms with E-state index in [0.717, 1.165) is 32.1 Å². The lowest BCUT2D eigenvalue weighted by molar-refractivity contribution is -0.139. The fourth-order valence-corrected chi connectivity index (χ4v) is 4.21. The van der Waals surface area contributed by atoms with Crippen LogP contribution in [0.15, 0.2) is 24.3 Å². The number of para-hydroxylation sites is 1. The van der Waals surface area contributed by atoms with E-state index in [1.165, 1.54) is 0 Å². The number of hydrogen-bond donors (Lipinski definition) is 1. The van der Waals surface area contributed by atoms with Crippen LogP contribution in [0, 0.1) is 11.8 Å². The van der Waals surface area contributed by atoms with Crippen molar-refractivity contribution in [1.29, 1.82) is 0 Å². The number of rotatable bonds is 4. The van der Waals surface area contributed by atoms with Gasteiger partial charge < -0.3 is 15.0 Å². The van der Waals surface area contributed by atoms with Gasteiger partial charge in [0.1, 0.15) is 11.9 Å². The quantitative estimate of drug-likeness (QED) is 0.874. The Balaban J connectivity index is 1.50. The van der Waals surface area contributed by atoms with E-state index in [9.17, 15) is 9.59 Å². The minimum absolute atomic E-state index is 0.0212. The van der Waals surface area contributed by atoms with Crippen molar-refractivity contribution in [3.05, 3.63) is 29.3 Å². The second kappa shape index (κ2) is 8.76. The van der Waals surface area contributed by atoms with E-state index in [1.54, 1.807) is 7.05 Å². The molecule has 2 amide bonds. The van der Waals surface area contributed by atoms with Gasteiger partial charge in [-0.25, -0.2) is 0 Å². The van der Waals surface area contributed by atoms with E-state index in [0.29, 0.717) is 30.3 Å². The lowest BCUT2D eigenvalue weighted by atomic mass is 9.80. The molecule has 142 valence electrons. The van der Waals surface area contributed by atoms with E-state index >= 15 is 0 Å². The first-order valence-electron chi connectivity index (χ1n) is 9.50. The Morgan fingerprint density at radius 3 is 2.50 bits per heavy atom. The van der Waals surface area contributed by atoms with Crippen LogP contribution in [0.3, 0.4) is 0 Å². The summed E-state index contributed by atoms with van der Waals surface area (Å²) in [7, 11) is 1.66. The lowest BCUT2D eigenvalue weighted by Gasteiger charge is -2.36. The van der Waals surface area contributed by atoms with Crippen LogP contribution in [-0.4, -0.2) is 43.0 Å². The molecule has 1 aromatic carbocycles. The van der Waals surface area contributed by atoms with E-state index in [2.05, 4.69) is 5.32 Å². The number of nitrogens with one attached hydrogen (secondary N) is 1. The van der Waals surface area contributed by atoms with Gasteiger partial charge in [-0.1, -0.05) is 30.2 Å². The molecule has 3 rings (SSSR count). The number of benzene rings is 1. The van der Waals surface area contributed by atoms with Crippen molar-refractivity contribution < 1.29 is 14.3 Å². The molecule has 1 saturated carbocycles. The van der Waals surface area contributed by atoms with Gasteiger partial charge in [0.2, 0.25) is 11.8 Å². The predicted octanol–water partition coefficient (Wildman–Crippen LogP) is 3.26. The third kappa shape index (κ3) is 4.50.